The van der Waals surface area contributed by atoms with E-state index in [0.29, 0.717) is 5.92 Å². The molecule has 0 aromatic heterocycles. The summed E-state index contributed by atoms with van der Waals surface area (Å²) in [5, 5.41) is 0. The molecule has 0 radical (unpaired) electrons. The fourth-order valence-corrected chi connectivity index (χ4v) is 2.47. The second kappa shape index (κ2) is 5.82. The maximum atomic E-state index is 11.8. The monoisotopic (exact) mass is 274 g/mol. The van der Waals surface area contributed by atoms with Gasteiger partial charge in [-0.05, 0) is 52.9 Å². The Morgan fingerprint density at radius 1 is 1.44 bits per heavy atom. The molecule has 1 unspecified atom stereocenters. The van der Waals surface area contributed by atoms with E-state index in [4.69, 9.17) is 10.5 Å². The molecule has 1 aliphatic carbocycles. The molecule has 5 nitrogen and oxygen atoms in total. The van der Waals surface area contributed by atoms with Crippen molar-refractivity contribution in [3.05, 3.63) is 0 Å². The number of nitrogens with two attached hydrogens (primary N) is 1. The topological polar surface area (TPSA) is 81.8 Å². The number of ether oxygens (including phenoxy) is 1. The van der Waals surface area contributed by atoms with Gasteiger partial charge < -0.3 is 10.5 Å². The van der Waals surface area contributed by atoms with Gasteiger partial charge in [0, 0.05) is 5.71 Å². The van der Waals surface area contributed by atoms with Crippen LogP contribution >= 0.6 is 0 Å². The molecule has 0 aromatic rings. The molecule has 1 atom stereocenters. The summed E-state index contributed by atoms with van der Waals surface area (Å²) in [6, 6.07) is 0. The molecular formula is C12H22N2O3S. The van der Waals surface area contributed by atoms with E-state index in [1.165, 1.54) is 0 Å². The summed E-state index contributed by atoms with van der Waals surface area (Å²) >= 11 is 0. The molecule has 6 heteroatoms. The highest BCUT2D eigenvalue weighted by Gasteiger charge is 2.32. The number of rotatable bonds is 4. The van der Waals surface area contributed by atoms with E-state index in [1.54, 1.807) is 0 Å². The fourth-order valence-electron chi connectivity index (χ4n) is 1.84. The first-order valence-electron chi connectivity index (χ1n) is 6.10. The molecule has 0 spiro atoms. The predicted octanol–water partition coefficient (Wildman–Crippen LogP) is 2.17. The Balaban J connectivity index is 2.35. The van der Waals surface area contributed by atoms with Crippen molar-refractivity contribution in [2.45, 2.75) is 57.8 Å². The van der Waals surface area contributed by atoms with Gasteiger partial charge in [0.2, 0.25) is 0 Å². The normalized spacial score (nSPS) is 26.3. The quantitative estimate of drug-likeness (QED) is 0.798. The van der Waals surface area contributed by atoms with Crippen molar-refractivity contribution in [3.8, 4) is 0 Å². The third-order valence-electron chi connectivity index (χ3n) is 2.82. The molecule has 1 aliphatic rings. The summed E-state index contributed by atoms with van der Waals surface area (Å²) < 4.78 is 20.6. The van der Waals surface area contributed by atoms with E-state index in [9.17, 15) is 9.00 Å². The molecular weight excluding hydrogens is 252 g/mol. The minimum Gasteiger partial charge on any atom is -0.446 e. The maximum Gasteiger partial charge on any atom is 0.404 e. The van der Waals surface area contributed by atoms with Crippen LogP contribution in [0.25, 0.3) is 0 Å². The van der Waals surface area contributed by atoms with Gasteiger partial charge in [0.1, 0.15) is 17.1 Å². The van der Waals surface area contributed by atoms with E-state index in [-0.39, 0.29) is 10.9 Å². The Morgan fingerprint density at radius 3 is 2.44 bits per heavy atom. The Hall–Kier alpha value is -0.910. The highest BCUT2D eigenvalue weighted by Crippen LogP contribution is 2.33. The number of primary amides is 1. The van der Waals surface area contributed by atoms with Crippen molar-refractivity contribution in [3.63, 3.8) is 0 Å². The smallest absolute Gasteiger partial charge is 0.404 e. The Morgan fingerprint density at radius 2 is 2.00 bits per heavy atom. The second-order valence-corrected chi connectivity index (χ2v) is 7.69. The van der Waals surface area contributed by atoms with Gasteiger partial charge in [0.05, 0.1) is 4.75 Å². The van der Waals surface area contributed by atoms with Crippen LogP contribution < -0.4 is 5.73 Å². The van der Waals surface area contributed by atoms with Crippen molar-refractivity contribution in [1.29, 1.82) is 0 Å². The molecule has 0 heterocycles. The van der Waals surface area contributed by atoms with Gasteiger partial charge >= 0.3 is 6.09 Å². The number of carbonyl (C=O) groups is 1. The highest BCUT2D eigenvalue weighted by atomic mass is 32.2. The van der Waals surface area contributed by atoms with Crippen molar-refractivity contribution in [2.75, 3.05) is 0 Å². The minimum absolute atomic E-state index is 0.0478. The van der Waals surface area contributed by atoms with Crippen LogP contribution in [0.1, 0.15) is 47.0 Å². The van der Waals surface area contributed by atoms with Crippen LogP contribution in [-0.2, 0) is 15.7 Å². The molecule has 18 heavy (non-hydrogen) atoms. The molecule has 0 aromatic carbocycles. The van der Waals surface area contributed by atoms with Gasteiger partial charge in [-0.1, -0.05) is 0 Å². The lowest BCUT2D eigenvalue weighted by Crippen LogP contribution is -2.35. The molecule has 2 N–H and O–H groups in total. The Bertz CT molecular complexity index is 368. The van der Waals surface area contributed by atoms with Gasteiger partial charge in [0.15, 0.2) is 0 Å². The van der Waals surface area contributed by atoms with Gasteiger partial charge in [-0.15, -0.1) is 0 Å². The molecule has 0 aliphatic heterocycles. The lowest BCUT2D eigenvalue weighted by molar-refractivity contribution is 0.0248. The third-order valence-corrected chi connectivity index (χ3v) is 4.35. The van der Waals surface area contributed by atoms with Crippen LogP contribution in [0.4, 0.5) is 4.79 Å². The van der Waals surface area contributed by atoms with Crippen LogP contribution in [0.15, 0.2) is 4.40 Å². The standard InChI is InChI=1S/C12H22N2O3S/c1-8(14-18(16)12(2,3)4)5-9-6-10(7-9)17-11(13)15/h9-10H,5-7H2,1-4H3,(H2,13,15)/b14-8+. The molecule has 104 valence electrons. The number of amides is 1. The van der Waals surface area contributed by atoms with E-state index in [0.717, 1.165) is 25.0 Å². The number of carbonyl (C=O) groups excluding carboxylic acids is 1. The van der Waals surface area contributed by atoms with Gasteiger partial charge in [0.25, 0.3) is 0 Å². The Labute approximate surface area is 111 Å². The van der Waals surface area contributed by atoms with Gasteiger partial charge in [-0.2, -0.15) is 4.40 Å². The molecule has 0 bridgehead atoms. The summed E-state index contributed by atoms with van der Waals surface area (Å²) in [6.45, 7) is 7.60. The zero-order chi connectivity index (χ0) is 13.9. The molecule has 1 rings (SSSR count). The summed E-state index contributed by atoms with van der Waals surface area (Å²) in [7, 11) is -1.20. The van der Waals surface area contributed by atoms with E-state index in [2.05, 4.69) is 4.40 Å². The SMILES string of the molecule is C/C(CC1CC(OC(N)=O)C1)=N\S(=O)C(C)(C)C. The van der Waals surface area contributed by atoms with Crippen LogP contribution in [0.3, 0.4) is 0 Å². The van der Waals surface area contributed by atoms with E-state index in [1.807, 2.05) is 27.7 Å². The second-order valence-electron chi connectivity index (χ2n) is 5.79. The van der Waals surface area contributed by atoms with Crippen molar-refractivity contribution >= 4 is 22.8 Å². The predicted molar refractivity (Wildman–Crippen MR) is 72.8 cm³/mol. The first-order chi connectivity index (χ1) is 8.18. The number of nitrogens with zero attached hydrogens (tertiary/aromatic N) is 1. The van der Waals surface area contributed by atoms with E-state index < -0.39 is 17.1 Å². The van der Waals surface area contributed by atoms with Gasteiger partial charge in [-0.3, -0.25) is 0 Å². The first-order valence-corrected chi connectivity index (χ1v) is 7.21. The summed E-state index contributed by atoms with van der Waals surface area (Å²) in [5.74, 6) is 0.454. The maximum absolute atomic E-state index is 11.8. The molecule has 1 fully saturated rings. The van der Waals surface area contributed by atoms with Crippen LogP contribution in [-0.4, -0.2) is 26.9 Å². The summed E-state index contributed by atoms with van der Waals surface area (Å²) in [6.07, 6.45) is 1.68. The van der Waals surface area contributed by atoms with Gasteiger partial charge in [-0.25, -0.2) is 9.00 Å². The number of hydrogen-bond acceptors (Lipinski definition) is 3. The van der Waals surface area contributed by atoms with Crippen molar-refractivity contribution in [1.82, 2.24) is 0 Å². The van der Waals surface area contributed by atoms with Crippen molar-refractivity contribution < 1.29 is 13.7 Å². The Kier molecular flexibility index (Phi) is 4.90. The van der Waals surface area contributed by atoms with Crippen LogP contribution in [0.2, 0.25) is 0 Å². The lowest BCUT2D eigenvalue weighted by atomic mass is 9.79. The number of hydrogen-bond donors (Lipinski definition) is 1. The summed E-state index contributed by atoms with van der Waals surface area (Å²) in [4.78, 5) is 10.5. The van der Waals surface area contributed by atoms with Crippen molar-refractivity contribution in [2.24, 2.45) is 16.0 Å². The average molecular weight is 274 g/mol. The first kappa shape index (κ1) is 15.1. The average Bonchev–Trinajstić information content (AvgIpc) is 2.11. The largest absolute Gasteiger partial charge is 0.446 e. The van der Waals surface area contributed by atoms with Crippen LogP contribution in [0, 0.1) is 5.92 Å². The molecule has 0 saturated heterocycles. The third kappa shape index (κ3) is 4.76. The molecule has 1 amide bonds. The van der Waals surface area contributed by atoms with Crippen LogP contribution in [0.5, 0.6) is 0 Å². The highest BCUT2D eigenvalue weighted by molar-refractivity contribution is 7.85. The summed E-state index contributed by atoms with van der Waals surface area (Å²) in [5.41, 5.74) is 5.83. The van der Waals surface area contributed by atoms with E-state index >= 15 is 0 Å². The minimum atomic E-state index is -1.20. The zero-order valence-corrected chi connectivity index (χ0v) is 12.3. The lowest BCUT2D eigenvalue weighted by Gasteiger charge is -2.34. The molecule has 1 saturated carbocycles. The fraction of sp³-hybridized carbons (Fsp3) is 0.833. The zero-order valence-electron chi connectivity index (χ0n) is 11.4.